The Kier molecular flexibility index (Phi) is 5.49. The van der Waals surface area contributed by atoms with Crippen molar-refractivity contribution < 1.29 is 14.6 Å². The molecule has 0 spiro atoms. The molecule has 0 fully saturated rings. The van der Waals surface area contributed by atoms with Crippen molar-refractivity contribution >= 4 is 5.78 Å². The van der Waals surface area contributed by atoms with Crippen LogP contribution in [0, 0.1) is 0 Å². The minimum atomic E-state index is -0.0214. The lowest BCUT2D eigenvalue weighted by Gasteiger charge is -2.11. The number of benzene rings is 3. The number of allylic oxidation sites excluding steroid dienone is 1. The van der Waals surface area contributed by atoms with E-state index in [1.165, 1.54) is 0 Å². The first-order valence-corrected chi connectivity index (χ1v) is 8.42. The van der Waals surface area contributed by atoms with E-state index < -0.39 is 0 Å². The zero-order chi connectivity index (χ0) is 18.4. The van der Waals surface area contributed by atoms with E-state index in [4.69, 9.17) is 4.74 Å². The molecule has 1 N–H and O–H groups in total. The maximum atomic E-state index is 12.4. The van der Waals surface area contributed by atoms with Crippen LogP contribution in [0.15, 0.2) is 85.5 Å². The summed E-state index contributed by atoms with van der Waals surface area (Å²) >= 11 is 0. The molecule has 3 rings (SSSR count). The second-order valence-corrected chi connectivity index (χ2v) is 5.93. The Morgan fingerprint density at radius 3 is 2.23 bits per heavy atom. The summed E-state index contributed by atoms with van der Waals surface area (Å²) in [4.78, 5) is 12.4. The van der Waals surface area contributed by atoms with Crippen LogP contribution in [0.25, 0.3) is 0 Å². The Balaban J connectivity index is 1.68. The van der Waals surface area contributed by atoms with Crippen molar-refractivity contribution in [3.05, 3.63) is 108 Å². The lowest BCUT2D eigenvalue weighted by atomic mass is 10.0. The van der Waals surface area contributed by atoms with Gasteiger partial charge in [0.25, 0.3) is 0 Å². The first-order valence-electron chi connectivity index (χ1n) is 8.42. The summed E-state index contributed by atoms with van der Waals surface area (Å²) in [5.41, 5.74) is 2.81. The number of hydrogen-bond donors (Lipinski definition) is 1. The minimum absolute atomic E-state index is 0.0214. The Labute approximate surface area is 153 Å². The Bertz CT molecular complexity index is 896. The molecule has 0 aliphatic rings. The van der Waals surface area contributed by atoms with Gasteiger partial charge in [-0.3, -0.25) is 4.79 Å². The second kappa shape index (κ2) is 8.17. The van der Waals surface area contributed by atoms with E-state index in [1.54, 1.807) is 42.5 Å². The van der Waals surface area contributed by atoms with E-state index >= 15 is 0 Å². The number of para-hydroxylation sites is 1. The van der Waals surface area contributed by atoms with E-state index in [2.05, 4.69) is 6.58 Å². The van der Waals surface area contributed by atoms with E-state index in [0.717, 1.165) is 5.56 Å². The molecular weight excluding hydrogens is 324 g/mol. The molecule has 3 heteroatoms. The molecule has 0 unspecified atom stereocenters. The SMILES string of the molecule is C=CCc1cccc(COc2ccc(C(=O)c3ccccc3)cc2)c1O. The van der Waals surface area contributed by atoms with Gasteiger partial charge >= 0.3 is 0 Å². The van der Waals surface area contributed by atoms with Gasteiger partial charge in [-0.05, 0) is 36.2 Å². The van der Waals surface area contributed by atoms with Crippen molar-refractivity contribution in [1.29, 1.82) is 0 Å². The summed E-state index contributed by atoms with van der Waals surface area (Å²) in [7, 11) is 0. The highest BCUT2D eigenvalue weighted by atomic mass is 16.5. The van der Waals surface area contributed by atoms with Crippen LogP contribution in [0.5, 0.6) is 11.5 Å². The average Bonchev–Trinajstić information content (AvgIpc) is 2.69. The number of rotatable bonds is 7. The summed E-state index contributed by atoms with van der Waals surface area (Å²) in [6, 6.07) is 21.8. The van der Waals surface area contributed by atoms with E-state index in [1.807, 2.05) is 36.4 Å². The van der Waals surface area contributed by atoms with Crippen molar-refractivity contribution in [1.82, 2.24) is 0 Å². The fourth-order valence-electron chi connectivity index (χ4n) is 2.70. The van der Waals surface area contributed by atoms with Crippen molar-refractivity contribution in [2.75, 3.05) is 0 Å². The van der Waals surface area contributed by atoms with Gasteiger partial charge in [-0.2, -0.15) is 0 Å². The van der Waals surface area contributed by atoms with Crippen LogP contribution >= 0.6 is 0 Å². The molecule has 3 aromatic rings. The number of hydrogen-bond acceptors (Lipinski definition) is 3. The molecule has 0 aliphatic heterocycles. The van der Waals surface area contributed by atoms with Gasteiger partial charge in [0, 0.05) is 16.7 Å². The largest absolute Gasteiger partial charge is 0.507 e. The molecule has 0 amide bonds. The standard InChI is InChI=1S/C23H20O3/c1-2-7-17-10-6-11-20(23(17)25)16-26-21-14-12-19(13-15-21)22(24)18-8-4-3-5-9-18/h2-6,8-15,25H,1,7,16H2. The first kappa shape index (κ1) is 17.5. The Morgan fingerprint density at radius 1 is 0.885 bits per heavy atom. The molecule has 3 nitrogen and oxygen atoms in total. The average molecular weight is 344 g/mol. The molecule has 0 saturated heterocycles. The normalized spacial score (nSPS) is 10.3. The lowest BCUT2D eigenvalue weighted by Crippen LogP contribution is -2.01. The van der Waals surface area contributed by atoms with Gasteiger partial charge in [0.05, 0.1) is 0 Å². The predicted molar refractivity (Wildman–Crippen MR) is 103 cm³/mol. The second-order valence-electron chi connectivity index (χ2n) is 5.93. The van der Waals surface area contributed by atoms with Gasteiger partial charge in [-0.15, -0.1) is 6.58 Å². The zero-order valence-corrected chi connectivity index (χ0v) is 14.4. The Hall–Kier alpha value is -3.33. The summed E-state index contributed by atoms with van der Waals surface area (Å²) in [5.74, 6) is 0.860. The number of phenols is 1. The van der Waals surface area contributed by atoms with Crippen LogP contribution < -0.4 is 4.74 Å². The molecule has 0 atom stereocenters. The van der Waals surface area contributed by atoms with Crippen LogP contribution in [-0.4, -0.2) is 10.9 Å². The monoisotopic (exact) mass is 344 g/mol. The van der Waals surface area contributed by atoms with Gasteiger partial charge < -0.3 is 9.84 Å². The zero-order valence-electron chi connectivity index (χ0n) is 14.4. The maximum absolute atomic E-state index is 12.4. The first-order chi connectivity index (χ1) is 12.7. The van der Waals surface area contributed by atoms with Crippen molar-refractivity contribution in [2.24, 2.45) is 0 Å². The van der Waals surface area contributed by atoms with Gasteiger partial charge in [0.15, 0.2) is 5.78 Å². The minimum Gasteiger partial charge on any atom is -0.507 e. The molecular formula is C23H20O3. The van der Waals surface area contributed by atoms with Crippen LogP contribution in [0.3, 0.4) is 0 Å². The predicted octanol–water partition coefficient (Wildman–Crippen LogP) is 4.93. The lowest BCUT2D eigenvalue weighted by molar-refractivity contribution is 0.103. The highest BCUT2D eigenvalue weighted by Gasteiger charge is 2.09. The molecule has 0 heterocycles. The van der Waals surface area contributed by atoms with E-state index in [-0.39, 0.29) is 18.1 Å². The third-order valence-corrected chi connectivity index (χ3v) is 4.11. The van der Waals surface area contributed by atoms with Crippen LogP contribution in [0.2, 0.25) is 0 Å². The number of carbonyl (C=O) groups excluding carboxylic acids is 1. The topological polar surface area (TPSA) is 46.5 Å². The smallest absolute Gasteiger partial charge is 0.193 e. The third-order valence-electron chi connectivity index (χ3n) is 4.11. The molecule has 0 radical (unpaired) electrons. The molecule has 0 bridgehead atoms. The quantitative estimate of drug-likeness (QED) is 0.488. The highest BCUT2D eigenvalue weighted by molar-refractivity contribution is 6.08. The van der Waals surface area contributed by atoms with Crippen molar-refractivity contribution in [3.63, 3.8) is 0 Å². The molecule has 0 saturated carbocycles. The Morgan fingerprint density at radius 2 is 1.54 bits per heavy atom. The van der Waals surface area contributed by atoms with Gasteiger partial charge in [-0.25, -0.2) is 0 Å². The number of carbonyl (C=O) groups is 1. The summed E-state index contributed by atoms with van der Waals surface area (Å²) in [6.45, 7) is 3.95. The molecule has 130 valence electrons. The fourth-order valence-corrected chi connectivity index (χ4v) is 2.70. The number of aromatic hydroxyl groups is 1. The number of phenolic OH excluding ortho intramolecular Hbond substituents is 1. The fraction of sp³-hybridized carbons (Fsp3) is 0.0870. The van der Waals surface area contributed by atoms with Gasteiger partial charge in [0.1, 0.15) is 18.1 Å². The van der Waals surface area contributed by atoms with Crippen LogP contribution in [0.4, 0.5) is 0 Å². The highest BCUT2D eigenvalue weighted by Crippen LogP contribution is 2.25. The van der Waals surface area contributed by atoms with E-state index in [0.29, 0.717) is 28.9 Å². The molecule has 26 heavy (non-hydrogen) atoms. The van der Waals surface area contributed by atoms with Crippen molar-refractivity contribution in [3.8, 4) is 11.5 Å². The summed E-state index contributed by atoms with van der Waals surface area (Å²) in [5, 5.41) is 10.3. The van der Waals surface area contributed by atoms with Crippen LogP contribution in [-0.2, 0) is 13.0 Å². The van der Waals surface area contributed by atoms with Crippen LogP contribution in [0.1, 0.15) is 27.0 Å². The number of ketones is 1. The van der Waals surface area contributed by atoms with E-state index in [9.17, 15) is 9.90 Å². The van der Waals surface area contributed by atoms with Crippen molar-refractivity contribution in [2.45, 2.75) is 13.0 Å². The summed E-state index contributed by atoms with van der Waals surface area (Å²) < 4.78 is 5.75. The molecule has 0 aromatic heterocycles. The molecule has 3 aromatic carbocycles. The molecule has 0 aliphatic carbocycles. The summed E-state index contributed by atoms with van der Waals surface area (Å²) in [6.07, 6.45) is 2.36. The van der Waals surface area contributed by atoms with Gasteiger partial charge in [0.2, 0.25) is 0 Å². The third kappa shape index (κ3) is 4.01. The maximum Gasteiger partial charge on any atom is 0.193 e. The van der Waals surface area contributed by atoms with Gasteiger partial charge in [-0.1, -0.05) is 54.6 Å². The number of ether oxygens (including phenoxy) is 1.